The zero-order valence-electron chi connectivity index (χ0n) is 18.8. The van der Waals surface area contributed by atoms with Crippen LogP contribution in [0.3, 0.4) is 0 Å². The number of esters is 1. The number of carbonyl (C=O) groups is 2. The molecule has 1 aromatic rings. The highest BCUT2D eigenvalue weighted by Crippen LogP contribution is 2.36. The average molecular weight is 432 g/mol. The number of rotatable bonds is 9. The van der Waals surface area contributed by atoms with Crippen LogP contribution >= 0.6 is 11.3 Å². The van der Waals surface area contributed by atoms with Crippen LogP contribution in [0.15, 0.2) is 11.0 Å². The molecule has 0 unspecified atom stereocenters. The first-order valence-corrected chi connectivity index (χ1v) is 11.4. The lowest BCUT2D eigenvalue weighted by Gasteiger charge is -2.30. The molecule has 1 heterocycles. The van der Waals surface area contributed by atoms with Crippen LogP contribution in [-0.4, -0.2) is 34.1 Å². The van der Waals surface area contributed by atoms with Gasteiger partial charge in [0.1, 0.15) is 11.9 Å². The van der Waals surface area contributed by atoms with Gasteiger partial charge < -0.3 is 9.84 Å². The third kappa shape index (κ3) is 5.59. The number of hydrogen-bond donors (Lipinski definition) is 1. The topological polar surface area (TPSA) is 76.5 Å². The number of aromatic nitrogens is 1. The van der Waals surface area contributed by atoms with Crippen LogP contribution in [0.4, 0.5) is 0 Å². The molecule has 0 spiro atoms. The van der Waals surface area contributed by atoms with Crippen molar-refractivity contribution < 1.29 is 19.4 Å². The minimum atomic E-state index is -0.702. The largest absolute Gasteiger partial charge is 0.458 e. The Morgan fingerprint density at radius 1 is 1.40 bits per heavy atom. The van der Waals surface area contributed by atoms with Crippen molar-refractivity contribution in [2.75, 3.05) is 0 Å². The number of hydrogen-bond acceptors (Lipinski definition) is 6. The summed E-state index contributed by atoms with van der Waals surface area (Å²) in [6.07, 6.45) is 6.54. The van der Waals surface area contributed by atoms with Crippen LogP contribution in [0, 0.1) is 29.6 Å². The minimum absolute atomic E-state index is 0.00506. The molecule has 1 aliphatic rings. The molecule has 2 rings (SSSR count). The summed E-state index contributed by atoms with van der Waals surface area (Å²) < 4.78 is 5.71. The van der Waals surface area contributed by atoms with Gasteiger partial charge in [-0.15, -0.1) is 17.8 Å². The normalized spacial score (nSPS) is 19.0. The molecular formula is C24H33NO4S. The van der Waals surface area contributed by atoms with Gasteiger partial charge in [-0.05, 0) is 49.2 Å². The number of ketones is 1. The fourth-order valence-electron chi connectivity index (χ4n) is 3.94. The number of aliphatic hydroxyl groups excluding tert-OH is 1. The van der Waals surface area contributed by atoms with Gasteiger partial charge >= 0.3 is 5.97 Å². The molecule has 0 aliphatic heterocycles. The van der Waals surface area contributed by atoms with Crippen molar-refractivity contribution >= 4 is 28.7 Å². The number of thiazole rings is 1. The first kappa shape index (κ1) is 24.3. The monoisotopic (exact) mass is 431 g/mol. The number of ether oxygens (including phenoxy) is 1. The van der Waals surface area contributed by atoms with Crippen LogP contribution in [-0.2, 0) is 14.3 Å². The first-order chi connectivity index (χ1) is 14.0. The maximum atomic E-state index is 12.8. The summed E-state index contributed by atoms with van der Waals surface area (Å²) in [4.78, 5) is 29.7. The summed E-state index contributed by atoms with van der Waals surface area (Å²) in [7, 11) is 0. The maximum absolute atomic E-state index is 12.8. The van der Waals surface area contributed by atoms with Gasteiger partial charge in [-0.2, -0.15) is 0 Å². The predicted molar refractivity (Wildman–Crippen MR) is 120 cm³/mol. The molecule has 0 amide bonds. The summed E-state index contributed by atoms with van der Waals surface area (Å²) >= 11 is 1.43. The second kappa shape index (κ2) is 9.89. The minimum Gasteiger partial charge on any atom is -0.458 e. The van der Waals surface area contributed by atoms with Crippen molar-refractivity contribution in [1.29, 1.82) is 0 Å². The highest BCUT2D eigenvalue weighted by Gasteiger charge is 2.36. The molecule has 0 aromatic carbocycles. The molecule has 1 aromatic heterocycles. The van der Waals surface area contributed by atoms with E-state index in [4.69, 9.17) is 11.2 Å². The Balaban J connectivity index is 1.94. The molecule has 164 valence electrons. The SMILES string of the molecule is C#Cc1nc(C2=C(C)[C@@H](OC(=O)CCC(C)(C)C(=O)[C@H](C)[C@@H](O)C(C)C)CC2)cs1. The molecule has 0 bridgehead atoms. The Morgan fingerprint density at radius 2 is 2.07 bits per heavy atom. The lowest BCUT2D eigenvalue weighted by molar-refractivity contribution is -0.148. The molecule has 30 heavy (non-hydrogen) atoms. The Morgan fingerprint density at radius 3 is 2.63 bits per heavy atom. The summed E-state index contributed by atoms with van der Waals surface area (Å²) in [5.74, 6) is 1.75. The molecule has 6 heteroatoms. The molecule has 0 saturated heterocycles. The van der Waals surface area contributed by atoms with E-state index in [2.05, 4.69) is 10.9 Å². The zero-order valence-corrected chi connectivity index (χ0v) is 19.6. The lowest BCUT2D eigenvalue weighted by atomic mass is 9.75. The van der Waals surface area contributed by atoms with Crippen molar-refractivity contribution in [3.05, 3.63) is 21.7 Å². The van der Waals surface area contributed by atoms with Gasteiger partial charge in [-0.3, -0.25) is 9.59 Å². The zero-order chi connectivity index (χ0) is 22.6. The Kier molecular flexibility index (Phi) is 8.01. The van der Waals surface area contributed by atoms with E-state index < -0.39 is 17.4 Å². The van der Waals surface area contributed by atoms with Gasteiger partial charge in [0.2, 0.25) is 0 Å². The lowest BCUT2D eigenvalue weighted by Crippen LogP contribution is -2.38. The first-order valence-electron chi connectivity index (χ1n) is 10.5. The molecule has 0 radical (unpaired) electrons. The third-order valence-electron chi connectivity index (χ3n) is 6.06. The number of carbonyl (C=O) groups excluding carboxylic acids is 2. The van der Waals surface area contributed by atoms with Crippen LogP contribution in [0.25, 0.3) is 5.57 Å². The van der Waals surface area contributed by atoms with E-state index in [-0.39, 0.29) is 30.2 Å². The second-order valence-electron chi connectivity index (χ2n) is 9.13. The van der Waals surface area contributed by atoms with E-state index in [1.165, 1.54) is 11.3 Å². The van der Waals surface area contributed by atoms with E-state index in [9.17, 15) is 14.7 Å². The van der Waals surface area contributed by atoms with Gasteiger partial charge in [0.25, 0.3) is 0 Å². The molecule has 0 fully saturated rings. The number of aliphatic hydroxyl groups is 1. The van der Waals surface area contributed by atoms with Crippen molar-refractivity contribution in [1.82, 2.24) is 4.98 Å². The van der Waals surface area contributed by atoms with Crippen LogP contribution < -0.4 is 0 Å². The highest BCUT2D eigenvalue weighted by atomic mass is 32.1. The van der Waals surface area contributed by atoms with E-state index in [1.54, 1.807) is 6.92 Å². The fourth-order valence-corrected chi connectivity index (χ4v) is 4.58. The van der Waals surface area contributed by atoms with Gasteiger partial charge in [-0.1, -0.05) is 34.6 Å². The maximum Gasteiger partial charge on any atom is 0.306 e. The second-order valence-corrected chi connectivity index (χ2v) is 9.99. The quantitative estimate of drug-likeness (QED) is 0.456. The fraction of sp³-hybridized carbons (Fsp3) is 0.625. The Labute approximate surface area is 183 Å². The van der Waals surface area contributed by atoms with E-state index >= 15 is 0 Å². The summed E-state index contributed by atoms with van der Waals surface area (Å²) in [5, 5.41) is 12.8. The summed E-state index contributed by atoms with van der Waals surface area (Å²) in [6.45, 7) is 11.2. The highest BCUT2D eigenvalue weighted by molar-refractivity contribution is 7.10. The van der Waals surface area contributed by atoms with Crippen LogP contribution in [0.1, 0.15) is 77.9 Å². The molecule has 1 aliphatic carbocycles. The average Bonchev–Trinajstić information content (AvgIpc) is 3.31. The Bertz CT molecular complexity index is 859. The van der Waals surface area contributed by atoms with Gasteiger partial charge in [-0.25, -0.2) is 4.98 Å². The van der Waals surface area contributed by atoms with Gasteiger partial charge in [0.05, 0.1) is 11.8 Å². The summed E-state index contributed by atoms with van der Waals surface area (Å²) in [5.41, 5.74) is 2.28. The molecular weight excluding hydrogens is 398 g/mol. The van der Waals surface area contributed by atoms with Gasteiger partial charge in [0, 0.05) is 23.1 Å². The predicted octanol–water partition coefficient (Wildman–Crippen LogP) is 4.63. The number of terminal acetylenes is 1. The molecule has 3 atom stereocenters. The smallest absolute Gasteiger partial charge is 0.306 e. The van der Waals surface area contributed by atoms with E-state index in [1.807, 2.05) is 40.0 Å². The molecule has 0 saturated carbocycles. The summed E-state index contributed by atoms with van der Waals surface area (Å²) in [6, 6.07) is 0. The van der Waals surface area contributed by atoms with Gasteiger partial charge in [0.15, 0.2) is 5.01 Å². The third-order valence-corrected chi connectivity index (χ3v) is 6.83. The van der Waals surface area contributed by atoms with Crippen LogP contribution in [0.2, 0.25) is 0 Å². The van der Waals surface area contributed by atoms with Crippen LogP contribution in [0.5, 0.6) is 0 Å². The van der Waals surface area contributed by atoms with Crippen molar-refractivity contribution in [3.63, 3.8) is 0 Å². The molecule has 5 nitrogen and oxygen atoms in total. The van der Waals surface area contributed by atoms with Crippen molar-refractivity contribution in [3.8, 4) is 12.3 Å². The number of allylic oxidation sites excluding steroid dienone is 1. The van der Waals surface area contributed by atoms with E-state index in [0.717, 1.165) is 29.7 Å². The standard InChI is InChI=1S/C24H33NO4S/c1-8-20-25-18(13-30-20)17-9-10-19(15(17)4)29-21(26)11-12-24(6,7)23(28)16(5)22(27)14(2)3/h1,13-14,16,19,22,27H,9-12H2,2-7H3/t16-,19+,22+/m1/s1. The van der Waals surface area contributed by atoms with E-state index in [0.29, 0.717) is 11.4 Å². The number of nitrogens with zero attached hydrogens (tertiary/aromatic N) is 1. The number of Topliss-reactive ketones (excluding diaryl/α,β-unsaturated/α-hetero) is 1. The van der Waals surface area contributed by atoms with Crippen molar-refractivity contribution in [2.45, 2.75) is 79.4 Å². The molecule has 1 N–H and O–H groups in total. The van der Waals surface area contributed by atoms with Crippen molar-refractivity contribution in [2.24, 2.45) is 17.3 Å². The Hall–Kier alpha value is -1.97.